The SMILES string of the molecule is [C-]#[N+]c1cccnc1C(C)C. The van der Waals surface area contributed by atoms with Crippen LogP contribution in [0.1, 0.15) is 25.5 Å². The molecule has 0 fully saturated rings. The Bertz CT molecular complexity index is 284. The molecule has 2 heteroatoms. The van der Waals surface area contributed by atoms with E-state index in [1.807, 2.05) is 13.8 Å². The summed E-state index contributed by atoms with van der Waals surface area (Å²) in [4.78, 5) is 7.51. The Hall–Kier alpha value is -1.36. The zero-order valence-corrected chi connectivity index (χ0v) is 6.70. The highest BCUT2D eigenvalue weighted by atomic mass is 14.8. The average molecular weight is 146 g/mol. The Labute approximate surface area is 66.7 Å². The van der Waals surface area contributed by atoms with Crippen molar-refractivity contribution >= 4 is 5.69 Å². The highest BCUT2D eigenvalue weighted by Gasteiger charge is 2.05. The van der Waals surface area contributed by atoms with Gasteiger partial charge < -0.3 is 0 Å². The molecule has 56 valence electrons. The summed E-state index contributed by atoms with van der Waals surface area (Å²) >= 11 is 0. The molecule has 0 N–H and O–H groups in total. The first kappa shape index (κ1) is 7.74. The molecule has 2 nitrogen and oxygen atoms in total. The topological polar surface area (TPSA) is 17.2 Å². The fourth-order valence-electron chi connectivity index (χ4n) is 0.948. The van der Waals surface area contributed by atoms with Gasteiger partial charge in [-0.2, -0.15) is 0 Å². The smallest absolute Gasteiger partial charge is 0.208 e. The monoisotopic (exact) mass is 146 g/mol. The van der Waals surface area contributed by atoms with Gasteiger partial charge in [0.2, 0.25) is 5.69 Å². The van der Waals surface area contributed by atoms with Gasteiger partial charge in [-0.1, -0.05) is 26.0 Å². The second-order valence-electron chi connectivity index (χ2n) is 2.67. The summed E-state index contributed by atoms with van der Waals surface area (Å²) in [5.41, 5.74) is 1.56. The van der Waals surface area contributed by atoms with Crippen LogP contribution in [0.3, 0.4) is 0 Å². The largest absolute Gasteiger partial charge is 0.273 e. The zero-order chi connectivity index (χ0) is 8.27. The van der Waals surface area contributed by atoms with Crippen LogP contribution in [-0.2, 0) is 0 Å². The normalized spacial score (nSPS) is 9.64. The van der Waals surface area contributed by atoms with Gasteiger partial charge in [-0.15, -0.1) is 0 Å². The molecule has 0 amide bonds. The summed E-state index contributed by atoms with van der Waals surface area (Å²) in [6, 6.07) is 3.59. The summed E-state index contributed by atoms with van der Waals surface area (Å²) < 4.78 is 0. The predicted octanol–water partition coefficient (Wildman–Crippen LogP) is 2.76. The predicted molar refractivity (Wildman–Crippen MR) is 44.6 cm³/mol. The number of pyridine rings is 1. The zero-order valence-electron chi connectivity index (χ0n) is 6.70. The van der Waals surface area contributed by atoms with Gasteiger partial charge >= 0.3 is 0 Å². The van der Waals surface area contributed by atoms with Gasteiger partial charge in [-0.3, -0.25) is 4.98 Å². The molecule has 0 bridgehead atoms. The summed E-state index contributed by atoms with van der Waals surface area (Å²) in [6.07, 6.45) is 1.73. The van der Waals surface area contributed by atoms with Crippen molar-refractivity contribution in [2.75, 3.05) is 0 Å². The number of nitrogens with zero attached hydrogens (tertiary/aromatic N) is 2. The Balaban J connectivity index is 3.15. The molecule has 1 aromatic rings. The van der Waals surface area contributed by atoms with E-state index in [1.54, 1.807) is 18.3 Å². The minimum Gasteiger partial charge on any atom is -0.273 e. The molecule has 0 aromatic carbocycles. The molecule has 0 aliphatic rings. The maximum Gasteiger partial charge on any atom is 0.208 e. The first-order chi connectivity index (χ1) is 5.25. The van der Waals surface area contributed by atoms with Gasteiger partial charge in [-0.25, -0.2) is 4.85 Å². The number of rotatable bonds is 1. The molecule has 0 saturated carbocycles. The highest BCUT2D eigenvalue weighted by molar-refractivity contribution is 5.49. The minimum atomic E-state index is 0.334. The van der Waals surface area contributed by atoms with Crippen LogP contribution < -0.4 is 0 Å². The van der Waals surface area contributed by atoms with Crippen molar-refractivity contribution in [2.45, 2.75) is 19.8 Å². The van der Waals surface area contributed by atoms with E-state index in [1.165, 1.54) is 0 Å². The van der Waals surface area contributed by atoms with Crippen LogP contribution in [0.5, 0.6) is 0 Å². The summed E-state index contributed by atoms with van der Waals surface area (Å²) in [7, 11) is 0. The molecule has 1 heterocycles. The van der Waals surface area contributed by atoms with Gasteiger partial charge in [0.25, 0.3) is 0 Å². The van der Waals surface area contributed by atoms with Gasteiger partial charge in [0.1, 0.15) is 0 Å². The second kappa shape index (κ2) is 3.16. The van der Waals surface area contributed by atoms with Crippen LogP contribution >= 0.6 is 0 Å². The Morgan fingerprint density at radius 1 is 1.55 bits per heavy atom. The molecule has 1 rings (SSSR count). The molecule has 11 heavy (non-hydrogen) atoms. The quantitative estimate of drug-likeness (QED) is 0.557. The third kappa shape index (κ3) is 1.56. The lowest BCUT2D eigenvalue weighted by Crippen LogP contribution is -1.90. The van der Waals surface area contributed by atoms with Crippen molar-refractivity contribution in [2.24, 2.45) is 0 Å². The maximum atomic E-state index is 6.86. The van der Waals surface area contributed by atoms with Crippen LogP contribution in [0.4, 0.5) is 5.69 Å². The first-order valence-electron chi connectivity index (χ1n) is 3.58. The van der Waals surface area contributed by atoms with Crippen molar-refractivity contribution in [3.05, 3.63) is 35.4 Å². The minimum absolute atomic E-state index is 0.334. The van der Waals surface area contributed by atoms with E-state index >= 15 is 0 Å². The maximum absolute atomic E-state index is 6.86. The van der Waals surface area contributed by atoms with E-state index in [2.05, 4.69) is 9.83 Å². The van der Waals surface area contributed by atoms with Crippen molar-refractivity contribution in [3.63, 3.8) is 0 Å². The van der Waals surface area contributed by atoms with Gasteiger partial charge in [-0.05, 0) is 5.92 Å². The molecular formula is C9H10N2. The fourth-order valence-corrected chi connectivity index (χ4v) is 0.948. The molecule has 0 spiro atoms. The van der Waals surface area contributed by atoms with Gasteiger partial charge in [0.15, 0.2) is 0 Å². The standard InChI is InChI=1S/C9H10N2/c1-7(2)9-8(10-3)5-4-6-11-9/h4-7H,1-2H3. The van der Waals surface area contributed by atoms with E-state index in [4.69, 9.17) is 6.57 Å². The van der Waals surface area contributed by atoms with E-state index in [-0.39, 0.29) is 0 Å². The van der Waals surface area contributed by atoms with Gasteiger partial charge in [0, 0.05) is 11.9 Å². The molecule has 0 aliphatic carbocycles. The second-order valence-corrected chi connectivity index (χ2v) is 2.67. The van der Waals surface area contributed by atoms with Crippen LogP contribution in [0, 0.1) is 6.57 Å². The van der Waals surface area contributed by atoms with Crippen LogP contribution in [0.15, 0.2) is 18.3 Å². The van der Waals surface area contributed by atoms with Crippen LogP contribution in [0.25, 0.3) is 4.85 Å². The summed E-state index contributed by atoms with van der Waals surface area (Å²) in [5.74, 6) is 0.334. The lowest BCUT2D eigenvalue weighted by molar-refractivity contribution is 0.828. The van der Waals surface area contributed by atoms with Crippen molar-refractivity contribution in [3.8, 4) is 0 Å². The Morgan fingerprint density at radius 2 is 2.27 bits per heavy atom. The first-order valence-corrected chi connectivity index (χ1v) is 3.58. The van der Waals surface area contributed by atoms with Crippen LogP contribution in [-0.4, -0.2) is 4.98 Å². The van der Waals surface area contributed by atoms with Crippen molar-refractivity contribution in [1.29, 1.82) is 0 Å². The Kier molecular flexibility index (Phi) is 2.22. The van der Waals surface area contributed by atoms with Gasteiger partial charge in [0.05, 0.1) is 6.57 Å². The Morgan fingerprint density at radius 3 is 2.73 bits per heavy atom. The molecule has 0 atom stereocenters. The lowest BCUT2D eigenvalue weighted by Gasteiger charge is -2.04. The third-order valence-electron chi connectivity index (χ3n) is 1.48. The number of aromatic nitrogens is 1. The van der Waals surface area contributed by atoms with Crippen LogP contribution in [0.2, 0.25) is 0 Å². The third-order valence-corrected chi connectivity index (χ3v) is 1.48. The number of hydrogen-bond acceptors (Lipinski definition) is 1. The van der Waals surface area contributed by atoms with E-state index in [9.17, 15) is 0 Å². The average Bonchev–Trinajstić information content (AvgIpc) is 2.04. The molecule has 0 saturated heterocycles. The summed E-state index contributed by atoms with van der Waals surface area (Å²) in [5, 5.41) is 0. The fraction of sp³-hybridized carbons (Fsp3) is 0.333. The van der Waals surface area contributed by atoms with Crippen molar-refractivity contribution in [1.82, 2.24) is 4.98 Å². The molecule has 0 unspecified atom stereocenters. The van der Waals surface area contributed by atoms with E-state index in [0.717, 1.165) is 5.69 Å². The van der Waals surface area contributed by atoms with E-state index in [0.29, 0.717) is 11.6 Å². The number of hydrogen-bond donors (Lipinski definition) is 0. The molecular weight excluding hydrogens is 136 g/mol. The summed E-state index contributed by atoms with van der Waals surface area (Å²) in [6.45, 7) is 10.9. The molecule has 1 aromatic heterocycles. The van der Waals surface area contributed by atoms with Crippen molar-refractivity contribution < 1.29 is 0 Å². The van der Waals surface area contributed by atoms with E-state index < -0.39 is 0 Å². The molecule has 0 aliphatic heterocycles. The highest BCUT2D eigenvalue weighted by Crippen LogP contribution is 2.23. The molecule has 0 radical (unpaired) electrons. The lowest BCUT2D eigenvalue weighted by atomic mass is 10.1.